The second-order valence-electron chi connectivity index (χ2n) is 12.0. The average Bonchev–Trinajstić information content (AvgIpc) is 3.65. The van der Waals surface area contributed by atoms with Crippen molar-refractivity contribution in [1.29, 1.82) is 0 Å². The highest BCUT2D eigenvalue weighted by Crippen LogP contribution is 2.43. The SMILES string of the molecule is C/C=C(\CCC(N)=Nc1ncc2sc(C(=O)N(C)C)c(C3CCCC3)c2n1)N1CCC(N2CCN(CC)CC2)CC1. The minimum Gasteiger partial charge on any atom is -0.387 e. The number of aromatic nitrogens is 2. The number of carbonyl (C=O) groups excluding carboxylic acids is 1. The van der Waals surface area contributed by atoms with E-state index < -0.39 is 0 Å². The Morgan fingerprint density at radius 1 is 1.10 bits per heavy atom. The van der Waals surface area contributed by atoms with Crippen molar-refractivity contribution >= 4 is 39.2 Å². The third kappa shape index (κ3) is 6.92. The molecule has 2 aromatic heterocycles. The Morgan fingerprint density at radius 3 is 2.44 bits per heavy atom. The predicted molar refractivity (Wildman–Crippen MR) is 169 cm³/mol. The van der Waals surface area contributed by atoms with Gasteiger partial charge in [-0.2, -0.15) is 4.99 Å². The Balaban J connectivity index is 1.21. The van der Waals surface area contributed by atoms with Crippen LogP contribution in [0.5, 0.6) is 0 Å². The van der Waals surface area contributed by atoms with Gasteiger partial charge in [0.05, 0.1) is 21.3 Å². The molecule has 2 aliphatic heterocycles. The van der Waals surface area contributed by atoms with Crippen LogP contribution < -0.4 is 5.73 Å². The molecule has 2 aromatic rings. The highest BCUT2D eigenvalue weighted by atomic mass is 32.1. The van der Waals surface area contributed by atoms with Gasteiger partial charge < -0.3 is 20.4 Å². The molecule has 10 heteroatoms. The van der Waals surface area contributed by atoms with Crippen LogP contribution >= 0.6 is 11.3 Å². The van der Waals surface area contributed by atoms with Crippen LogP contribution in [0.2, 0.25) is 0 Å². The largest absolute Gasteiger partial charge is 0.387 e. The molecule has 224 valence electrons. The van der Waals surface area contributed by atoms with Gasteiger partial charge in [-0.05, 0) is 51.5 Å². The summed E-state index contributed by atoms with van der Waals surface area (Å²) in [4.78, 5) is 37.3. The summed E-state index contributed by atoms with van der Waals surface area (Å²) >= 11 is 1.50. The van der Waals surface area contributed by atoms with Gasteiger partial charge in [-0.15, -0.1) is 11.3 Å². The molecule has 0 radical (unpaired) electrons. The number of nitrogens with zero attached hydrogens (tertiary/aromatic N) is 7. The van der Waals surface area contributed by atoms with Crippen molar-refractivity contribution in [3.05, 3.63) is 28.4 Å². The zero-order valence-corrected chi connectivity index (χ0v) is 26.3. The zero-order chi connectivity index (χ0) is 28.9. The number of amidine groups is 1. The molecule has 3 aliphatic rings. The first kappa shape index (κ1) is 29.9. The molecule has 0 spiro atoms. The van der Waals surface area contributed by atoms with Crippen LogP contribution in [-0.4, -0.2) is 107 Å². The fourth-order valence-electron chi connectivity index (χ4n) is 6.80. The zero-order valence-electron chi connectivity index (χ0n) is 25.4. The van der Waals surface area contributed by atoms with Gasteiger partial charge in [-0.1, -0.05) is 25.8 Å². The highest BCUT2D eigenvalue weighted by Gasteiger charge is 2.30. The third-order valence-corrected chi connectivity index (χ3v) is 10.4. The minimum atomic E-state index is 0.0430. The second kappa shape index (κ2) is 13.6. The lowest BCUT2D eigenvalue weighted by Crippen LogP contribution is -2.52. The Morgan fingerprint density at radius 2 is 1.80 bits per heavy atom. The maximum absolute atomic E-state index is 13.0. The summed E-state index contributed by atoms with van der Waals surface area (Å²) in [6.45, 7) is 12.6. The highest BCUT2D eigenvalue weighted by molar-refractivity contribution is 7.21. The third-order valence-electron chi connectivity index (χ3n) is 9.27. The Kier molecular flexibility index (Phi) is 9.93. The molecule has 4 heterocycles. The summed E-state index contributed by atoms with van der Waals surface area (Å²) in [7, 11) is 3.62. The van der Waals surface area contributed by atoms with Crippen molar-refractivity contribution in [1.82, 2.24) is 29.6 Å². The smallest absolute Gasteiger partial charge is 0.263 e. The standard InChI is InChI=1S/C31H48N8OS/c1-5-23(38-15-13-24(14-16-38)39-19-17-37(6-2)18-20-39)11-12-26(32)34-31-33-21-25-28(35-31)27(22-9-7-8-10-22)29(41-25)30(40)36(3)4/h5,21-22,24H,6-20H2,1-4H3,(H2,32,33,34,35)/b23-5+. The maximum Gasteiger partial charge on any atom is 0.263 e. The first-order valence-electron chi connectivity index (χ1n) is 15.6. The van der Waals surface area contributed by atoms with Crippen LogP contribution in [0.4, 0.5) is 5.95 Å². The molecule has 2 N–H and O–H groups in total. The van der Waals surface area contributed by atoms with Gasteiger partial charge in [0.2, 0.25) is 0 Å². The molecular weight excluding hydrogens is 532 g/mol. The second-order valence-corrected chi connectivity index (χ2v) is 13.0. The number of likely N-dealkylation sites (N-methyl/N-ethyl adjacent to an activating group) is 1. The van der Waals surface area contributed by atoms with Crippen molar-refractivity contribution in [3.63, 3.8) is 0 Å². The number of thiophene rings is 1. The lowest BCUT2D eigenvalue weighted by Gasteiger charge is -2.43. The molecule has 1 amide bonds. The van der Waals surface area contributed by atoms with Gasteiger partial charge in [-0.25, -0.2) is 9.97 Å². The van der Waals surface area contributed by atoms with E-state index in [2.05, 4.69) is 44.6 Å². The number of nitrogens with two attached hydrogens (primary N) is 1. The molecule has 0 aromatic carbocycles. The van der Waals surface area contributed by atoms with Crippen molar-refractivity contribution in [2.75, 3.05) is 59.9 Å². The number of aliphatic imine (C=N–C) groups is 1. The summed E-state index contributed by atoms with van der Waals surface area (Å²) in [5.74, 6) is 1.35. The van der Waals surface area contributed by atoms with Crippen LogP contribution in [0.15, 0.2) is 23.0 Å². The Labute approximate surface area is 249 Å². The normalized spacial score (nSPS) is 20.8. The number of likely N-dealkylation sites (tertiary alicyclic amines) is 1. The van der Waals surface area contributed by atoms with Crippen LogP contribution in [0.1, 0.15) is 86.4 Å². The van der Waals surface area contributed by atoms with E-state index in [0.717, 1.165) is 59.6 Å². The van der Waals surface area contributed by atoms with Crippen LogP contribution in [0.25, 0.3) is 10.2 Å². The van der Waals surface area contributed by atoms with Crippen molar-refractivity contribution < 1.29 is 4.79 Å². The number of amides is 1. The lowest BCUT2D eigenvalue weighted by atomic mass is 9.96. The fraction of sp³-hybridized carbons (Fsp3) is 0.677. The van der Waals surface area contributed by atoms with E-state index in [1.807, 2.05) is 20.3 Å². The predicted octanol–water partition coefficient (Wildman–Crippen LogP) is 4.83. The van der Waals surface area contributed by atoms with E-state index in [1.165, 1.54) is 68.9 Å². The van der Waals surface area contributed by atoms with E-state index in [9.17, 15) is 4.79 Å². The molecule has 0 bridgehead atoms. The summed E-state index contributed by atoms with van der Waals surface area (Å²) in [5.41, 5.74) is 9.75. The Bertz CT molecular complexity index is 1250. The van der Waals surface area contributed by atoms with Crippen LogP contribution in [0, 0.1) is 0 Å². The molecule has 3 fully saturated rings. The molecule has 0 atom stereocenters. The molecule has 1 saturated carbocycles. The summed E-state index contributed by atoms with van der Waals surface area (Å²) in [6.07, 6.45) is 12.6. The van der Waals surface area contributed by atoms with Crippen molar-refractivity contribution in [2.45, 2.75) is 77.2 Å². The van der Waals surface area contributed by atoms with Gasteiger partial charge in [0, 0.05) is 77.1 Å². The number of piperazine rings is 1. The molecule has 9 nitrogen and oxygen atoms in total. The maximum atomic E-state index is 13.0. The van der Waals surface area contributed by atoms with Crippen molar-refractivity contribution in [3.8, 4) is 0 Å². The first-order valence-corrected chi connectivity index (χ1v) is 16.4. The van der Waals surface area contributed by atoms with Crippen molar-refractivity contribution in [2.24, 2.45) is 10.7 Å². The molecule has 0 unspecified atom stereocenters. The van der Waals surface area contributed by atoms with Gasteiger partial charge in [-0.3, -0.25) is 9.69 Å². The number of carbonyl (C=O) groups is 1. The quantitative estimate of drug-likeness (QED) is 0.336. The average molecular weight is 581 g/mol. The van der Waals surface area contributed by atoms with E-state index in [0.29, 0.717) is 30.2 Å². The molecule has 2 saturated heterocycles. The van der Waals surface area contributed by atoms with Crippen LogP contribution in [-0.2, 0) is 0 Å². The molecule has 5 rings (SSSR count). The van der Waals surface area contributed by atoms with Crippen LogP contribution in [0.3, 0.4) is 0 Å². The summed E-state index contributed by atoms with van der Waals surface area (Å²) < 4.78 is 0.946. The monoisotopic (exact) mass is 580 g/mol. The van der Waals surface area contributed by atoms with E-state index in [-0.39, 0.29) is 5.91 Å². The van der Waals surface area contributed by atoms with Gasteiger partial charge >= 0.3 is 0 Å². The Hall–Kier alpha value is -2.56. The summed E-state index contributed by atoms with van der Waals surface area (Å²) in [5, 5.41) is 0. The topological polar surface area (TPSA) is 94.2 Å². The number of fused-ring (bicyclic) bond motifs is 1. The number of hydrogen-bond donors (Lipinski definition) is 1. The van der Waals surface area contributed by atoms with E-state index in [4.69, 9.17) is 10.7 Å². The fourth-order valence-corrected chi connectivity index (χ4v) is 8.02. The first-order chi connectivity index (χ1) is 19.9. The lowest BCUT2D eigenvalue weighted by molar-refractivity contribution is 0.0675. The van der Waals surface area contributed by atoms with Gasteiger partial charge in [0.15, 0.2) is 0 Å². The molecular formula is C31H48N8OS. The number of hydrogen-bond acceptors (Lipinski definition) is 8. The molecule has 1 aliphatic carbocycles. The van der Waals surface area contributed by atoms with E-state index in [1.54, 1.807) is 4.90 Å². The number of rotatable bonds is 9. The minimum absolute atomic E-state index is 0.0430. The molecule has 41 heavy (non-hydrogen) atoms. The van der Waals surface area contributed by atoms with Gasteiger partial charge in [0.1, 0.15) is 5.84 Å². The number of piperidine rings is 1. The number of allylic oxidation sites excluding steroid dienone is 2. The van der Waals surface area contributed by atoms with E-state index >= 15 is 0 Å². The summed E-state index contributed by atoms with van der Waals surface area (Å²) in [6, 6.07) is 0.710. The van der Waals surface area contributed by atoms with Gasteiger partial charge in [0.25, 0.3) is 11.9 Å².